The normalized spacial score (nSPS) is 23.0. The predicted molar refractivity (Wildman–Crippen MR) is 155 cm³/mol. The zero-order valence-electron chi connectivity index (χ0n) is 23.0. The lowest BCUT2D eigenvalue weighted by Gasteiger charge is -2.34. The number of anilines is 1. The van der Waals surface area contributed by atoms with Crippen LogP contribution in [-0.4, -0.2) is 99.7 Å². The van der Waals surface area contributed by atoms with Gasteiger partial charge < -0.3 is 24.4 Å². The Kier molecular flexibility index (Phi) is 7.80. The van der Waals surface area contributed by atoms with Crippen molar-refractivity contribution in [2.24, 2.45) is 5.92 Å². The largest absolute Gasteiger partial charge is 0.378 e. The molecule has 214 valence electrons. The van der Waals surface area contributed by atoms with Crippen molar-refractivity contribution in [3.8, 4) is 11.4 Å². The third-order valence-electron chi connectivity index (χ3n) is 8.49. The molecule has 1 aromatic heterocycles. The standard InChI is InChI=1S/C29H38N6O4S/c1-33-12-14-34(15-13-33)24-8-4-21(5-9-24)28-30-26-11-10-25(20-27(26)31-28)40(37,38)32-23-6-2-22(3-7-23)29(36)35-16-18-39-19-17-35/h4-5,8-11,20,22-23,32H,2-3,6-7,12-19H2,1H3,(H,30,31). The van der Waals surface area contributed by atoms with E-state index in [1.165, 1.54) is 5.69 Å². The minimum absolute atomic E-state index is 0.0340. The maximum Gasteiger partial charge on any atom is 0.240 e. The van der Waals surface area contributed by atoms with Crippen LogP contribution in [0.1, 0.15) is 25.7 Å². The van der Waals surface area contributed by atoms with E-state index < -0.39 is 10.0 Å². The number of likely N-dealkylation sites (N-methyl/N-ethyl adjacent to an activating group) is 1. The van der Waals surface area contributed by atoms with Gasteiger partial charge in [-0.25, -0.2) is 18.1 Å². The van der Waals surface area contributed by atoms with Crippen molar-refractivity contribution in [3.05, 3.63) is 42.5 Å². The molecule has 1 amide bonds. The fraction of sp³-hybridized carbons (Fsp3) is 0.517. The van der Waals surface area contributed by atoms with Crippen molar-refractivity contribution in [2.75, 3.05) is 64.4 Å². The van der Waals surface area contributed by atoms with Gasteiger partial charge in [-0.3, -0.25) is 4.79 Å². The maximum absolute atomic E-state index is 13.2. The number of carbonyl (C=O) groups excluding carboxylic acids is 1. The minimum atomic E-state index is -3.71. The quantitative estimate of drug-likeness (QED) is 0.472. The van der Waals surface area contributed by atoms with Gasteiger partial charge in [-0.1, -0.05) is 0 Å². The van der Waals surface area contributed by atoms with Crippen molar-refractivity contribution < 1.29 is 17.9 Å². The highest BCUT2D eigenvalue weighted by molar-refractivity contribution is 7.89. The van der Waals surface area contributed by atoms with E-state index >= 15 is 0 Å². The number of benzene rings is 2. The van der Waals surface area contributed by atoms with Crippen LogP contribution < -0.4 is 9.62 Å². The first-order chi connectivity index (χ1) is 19.4. The number of nitrogens with one attached hydrogen (secondary N) is 2. The Morgan fingerprint density at radius 1 is 0.950 bits per heavy atom. The summed E-state index contributed by atoms with van der Waals surface area (Å²) in [6.45, 7) is 6.61. The number of amides is 1. The Bertz CT molecular complexity index is 1430. The number of hydrogen-bond donors (Lipinski definition) is 2. The summed E-state index contributed by atoms with van der Waals surface area (Å²) in [7, 11) is -1.56. The Balaban J connectivity index is 1.09. The highest BCUT2D eigenvalue weighted by Gasteiger charge is 2.32. The molecule has 10 nitrogen and oxygen atoms in total. The Hall–Kier alpha value is -2.99. The molecule has 40 heavy (non-hydrogen) atoms. The molecule has 0 spiro atoms. The molecule has 11 heteroatoms. The summed E-state index contributed by atoms with van der Waals surface area (Å²) in [5, 5.41) is 0. The van der Waals surface area contributed by atoms with Gasteiger partial charge in [-0.05, 0) is 75.2 Å². The number of ether oxygens (including phenoxy) is 1. The van der Waals surface area contributed by atoms with E-state index in [1.54, 1.807) is 18.2 Å². The average Bonchev–Trinajstić information content (AvgIpc) is 3.42. The molecule has 2 aromatic carbocycles. The van der Waals surface area contributed by atoms with Gasteiger partial charge in [0.15, 0.2) is 0 Å². The van der Waals surface area contributed by atoms with Gasteiger partial charge in [-0.15, -0.1) is 0 Å². The van der Waals surface area contributed by atoms with E-state index in [0.717, 1.165) is 37.3 Å². The third kappa shape index (κ3) is 5.88. The van der Waals surface area contributed by atoms with Crippen molar-refractivity contribution in [2.45, 2.75) is 36.6 Å². The van der Waals surface area contributed by atoms with E-state index in [9.17, 15) is 13.2 Å². The lowest BCUT2D eigenvalue weighted by Crippen LogP contribution is -2.46. The lowest BCUT2D eigenvalue weighted by atomic mass is 9.85. The Morgan fingerprint density at radius 2 is 1.65 bits per heavy atom. The van der Waals surface area contributed by atoms with Crippen LogP contribution >= 0.6 is 0 Å². The number of fused-ring (bicyclic) bond motifs is 1. The van der Waals surface area contributed by atoms with Crippen molar-refractivity contribution in [1.82, 2.24) is 24.5 Å². The van der Waals surface area contributed by atoms with Gasteiger partial charge in [0.2, 0.25) is 15.9 Å². The zero-order valence-corrected chi connectivity index (χ0v) is 23.8. The lowest BCUT2D eigenvalue weighted by molar-refractivity contribution is -0.140. The molecule has 2 N–H and O–H groups in total. The van der Waals surface area contributed by atoms with Gasteiger partial charge in [0.25, 0.3) is 0 Å². The first-order valence-corrected chi connectivity index (χ1v) is 15.8. The van der Waals surface area contributed by atoms with Crippen LogP contribution in [0.15, 0.2) is 47.4 Å². The molecule has 6 rings (SSSR count). The van der Waals surface area contributed by atoms with Crippen LogP contribution in [0.2, 0.25) is 0 Å². The van der Waals surface area contributed by atoms with E-state index in [0.29, 0.717) is 63.3 Å². The fourth-order valence-corrected chi connectivity index (χ4v) is 7.30. The number of nitrogens with zero attached hydrogens (tertiary/aromatic N) is 4. The molecule has 1 aliphatic carbocycles. The number of morpholine rings is 1. The number of rotatable bonds is 6. The second kappa shape index (κ2) is 11.5. The topological polar surface area (TPSA) is 111 Å². The SMILES string of the molecule is CN1CCN(c2ccc(-c3nc4cc(S(=O)(=O)NC5CCC(C(=O)N6CCOCC6)CC5)ccc4[nH]3)cc2)CC1. The number of hydrogen-bond acceptors (Lipinski definition) is 7. The summed E-state index contributed by atoms with van der Waals surface area (Å²) in [5.41, 5.74) is 3.56. The van der Waals surface area contributed by atoms with Gasteiger partial charge in [0, 0.05) is 62.5 Å². The number of sulfonamides is 1. The number of H-pyrrole nitrogens is 1. The summed E-state index contributed by atoms with van der Waals surface area (Å²) in [6, 6.07) is 13.2. The van der Waals surface area contributed by atoms with Gasteiger partial charge in [0.05, 0.1) is 29.1 Å². The van der Waals surface area contributed by atoms with E-state index in [2.05, 4.69) is 50.8 Å². The molecule has 0 unspecified atom stereocenters. The van der Waals surface area contributed by atoms with Crippen LogP contribution in [0, 0.1) is 5.92 Å². The summed E-state index contributed by atoms with van der Waals surface area (Å²) < 4.78 is 34.7. The molecule has 3 heterocycles. The smallest absolute Gasteiger partial charge is 0.240 e. The molecule has 2 aliphatic heterocycles. The Morgan fingerprint density at radius 3 is 2.35 bits per heavy atom. The molecule has 3 aromatic rings. The monoisotopic (exact) mass is 566 g/mol. The molecule has 0 radical (unpaired) electrons. The van der Waals surface area contributed by atoms with Crippen LogP contribution in [-0.2, 0) is 19.6 Å². The molecular formula is C29H38N6O4S. The first-order valence-electron chi connectivity index (χ1n) is 14.3. The van der Waals surface area contributed by atoms with Crippen LogP contribution in [0.3, 0.4) is 0 Å². The number of aromatic nitrogens is 2. The third-order valence-corrected chi connectivity index (χ3v) is 10.0. The molecule has 0 bridgehead atoms. The van der Waals surface area contributed by atoms with Gasteiger partial charge in [0.1, 0.15) is 5.82 Å². The number of imidazole rings is 1. The Labute approximate surface area is 235 Å². The second-order valence-corrected chi connectivity index (χ2v) is 12.9. The van der Waals surface area contributed by atoms with Crippen LogP contribution in [0.5, 0.6) is 0 Å². The molecular weight excluding hydrogens is 528 g/mol. The first kappa shape index (κ1) is 27.2. The highest BCUT2D eigenvalue weighted by atomic mass is 32.2. The van der Waals surface area contributed by atoms with Gasteiger partial charge >= 0.3 is 0 Å². The average molecular weight is 567 g/mol. The fourth-order valence-electron chi connectivity index (χ4n) is 5.97. The van der Waals surface area contributed by atoms with Crippen molar-refractivity contribution in [3.63, 3.8) is 0 Å². The van der Waals surface area contributed by atoms with E-state index in [1.807, 2.05) is 4.90 Å². The van der Waals surface area contributed by atoms with E-state index in [4.69, 9.17) is 9.72 Å². The zero-order chi connectivity index (χ0) is 27.7. The van der Waals surface area contributed by atoms with Crippen molar-refractivity contribution in [1.29, 1.82) is 0 Å². The minimum Gasteiger partial charge on any atom is -0.378 e. The van der Waals surface area contributed by atoms with Crippen LogP contribution in [0.25, 0.3) is 22.4 Å². The van der Waals surface area contributed by atoms with E-state index in [-0.39, 0.29) is 22.8 Å². The highest BCUT2D eigenvalue weighted by Crippen LogP contribution is 2.29. The predicted octanol–water partition coefficient (Wildman–Crippen LogP) is 2.68. The maximum atomic E-state index is 13.2. The summed E-state index contributed by atoms with van der Waals surface area (Å²) >= 11 is 0. The number of carbonyl (C=O) groups is 1. The molecule has 0 atom stereocenters. The number of piperazine rings is 1. The molecule has 3 fully saturated rings. The van der Waals surface area contributed by atoms with Crippen molar-refractivity contribution >= 4 is 32.7 Å². The molecule has 2 saturated heterocycles. The summed E-state index contributed by atoms with van der Waals surface area (Å²) in [6.07, 6.45) is 2.69. The van der Waals surface area contributed by atoms with Gasteiger partial charge in [-0.2, -0.15) is 0 Å². The van der Waals surface area contributed by atoms with Crippen LogP contribution in [0.4, 0.5) is 5.69 Å². The molecule has 1 saturated carbocycles. The molecule has 3 aliphatic rings. The second-order valence-electron chi connectivity index (χ2n) is 11.2. The summed E-state index contributed by atoms with van der Waals surface area (Å²) in [5.74, 6) is 0.859. The summed E-state index contributed by atoms with van der Waals surface area (Å²) in [4.78, 5) is 27.7. The number of aromatic amines is 1.